The lowest BCUT2D eigenvalue weighted by atomic mass is 9.91. The van der Waals surface area contributed by atoms with Gasteiger partial charge >= 0.3 is 0 Å². The molecule has 1 fully saturated rings. The van der Waals surface area contributed by atoms with E-state index in [0.717, 1.165) is 30.2 Å². The van der Waals surface area contributed by atoms with Crippen LogP contribution in [0.15, 0.2) is 42.9 Å². The Hall–Kier alpha value is -1.94. The molecule has 1 aromatic carbocycles. The third kappa shape index (κ3) is 3.63. The molecule has 1 saturated heterocycles. The van der Waals surface area contributed by atoms with Gasteiger partial charge in [0, 0.05) is 36.4 Å². The fraction of sp³-hybridized carbons (Fsp3) is 0.353. The van der Waals surface area contributed by atoms with E-state index in [-0.39, 0.29) is 5.91 Å². The van der Waals surface area contributed by atoms with Gasteiger partial charge in [0.25, 0.3) is 0 Å². The molecule has 2 heterocycles. The van der Waals surface area contributed by atoms with E-state index in [2.05, 4.69) is 16.0 Å². The summed E-state index contributed by atoms with van der Waals surface area (Å²) in [7, 11) is 0. The average molecular weight is 316 g/mol. The molecule has 0 aliphatic carbocycles. The van der Waals surface area contributed by atoms with Gasteiger partial charge in [-0.15, -0.1) is 0 Å². The summed E-state index contributed by atoms with van der Waals surface area (Å²) in [5, 5.41) is 0.816. The topological polar surface area (TPSA) is 46.1 Å². The van der Waals surface area contributed by atoms with Crippen LogP contribution in [-0.2, 0) is 17.6 Å². The van der Waals surface area contributed by atoms with E-state index in [1.807, 2.05) is 29.2 Å². The lowest BCUT2D eigenvalue weighted by Crippen LogP contribution is -2.50. The number of carbonyl (C=O) groups is 1. The molecule has 0 bridgehead atoms. The van der Waals surface area contributed by atoms with Gasteiger partial charge in [-0.1, -0.05) is 29.8 Å². The number of amides is 1. The van der Waals surface area contributed by atoms with Crippen molar-refractivity contribution < 1.29 is 4.79 Å². The Kier molecular flexibility index (Phi) is 4.68. The van der Waals surface area contributed by atoms with Gasteiger partial charge in [0.05, 0.1) is 0 Å². The monoisotopic (exact) mass is 315 g/mol. The molecule has 1 aliphatic heterocycles. The molecule has 0 N–H and O–H groups in total. The van der Waals surface area contributed by atoms with Crippen LogP contribution < -0.4 is 0 Å². The lowest BCUT2D eigenvalue weighted by molar-refractivity contribution is -0.137. The van der Waals surface area contributed by atoms with Crippen LogP contribution in [0.2, 0.25) is 5.02 Å². The molecule has 3 rings (SSSR count). The van der Waals surface area contributed by atoms with E-state index in [0.29, 0.717) is 18.8 Å². The molecular weight excluding hydrogens is 298 g/mol. The zero-order valence-electron chi connectivity index (χ0n) is 12.3. The molecule has 22 heavy (non-hydrogen) atoms. The summed E-state index contributed by atoms with van der Waals surface area (Å²) >= 11 is 6.17. The molecule has 1 aliphatic rings. The quantitative estimate of drug-likeness (QED) is 0.852. The van der Waals surface area contributed by atoms with Crippen molar-refractivity contribution in [3.8, 4) is 0 Å². The number of rotatable bonds is 5. The van der Waals surface area contributed by atoms with E-state index >= 15 is 0 Å². The lowest BCUT2D eigenvalue weighted by Gasteiger charge is -2.39. The number of likely N-dealkylation sites (tertiary alicyclic amines) is 1. The molecule has 114 valence electrons. The molecule has 5 heteroatoms. The predicted molar refractivity (Wildman–Crippen MR) is 85.6 cm³/mol. The number of hydrogen-bond acceptors (Lipinski definition) is 3. The summed E-state index contributed by atoms with van der Waals surface area (Å²) in [6.45, 7) is 1.65. The van der Waals surface area contributed by atoms with E-state index in [1.165, 1.54) is 11.9 Å². The number of carbonyl (C=O) groups excluding carboxylic acids is 1. The Labute approximate surface area is 135 Å². The third-order valence-electron chi connectivity index (χ3n) is 4.01. The Balaban J connectivity index is 1.43. The highest BCUT2D eigenvalue weighted by Crippen LogP contribution is 2.25. The number of hydrogen-bond donors (Lipinski definition) is 0. The Morgan fingerprint density at radius 3 is 2.82 bits per heavy atom. The number of aromatic nitrogens is 2. The zero-order chi connectivity index (χ0) is 15.4. The molecule has 2 aromatic rings. The number of halogens is 1. The average Bonchev–Trinajstić information content (AvgIpc) is 2.51. The van der Waals surface area contributed by atoms with Crippen molar-refractivity contribution in [2.45, 2.75) is 19.3 Å². The first-order valence-electron chi connectivity index (χ1n) is 7.48. The summed E-state index contributed by atoms with van der Waals surface area (Å²) in [5.74, 6) is 0.719. The third-order valence-corrected chi connectivity index (χ3v) is 4.38. The standard InChI is InChI=1S/C17H18ClN3O/c18-16-4-2-1-3-14(16)9-13-10-21(11-13)17(22)6-5-15-7-8-19-12-20-15/h1-4,7-8,12-13H,5-6,9-11H2. The maximum absolute atomic E-state index is 12.1. The molecule has 1 amide bonds. The smallest absolute Gasteiger partial charge is 0.222 e. The second-order valence-corrected chi connectivity index (χ2v) is 6.07. The predicted octanol–water partition coefficient (Wildman–Crippen LogP) is 2.76. The van der Waals surface area contributed by atoms with Gasteiger partial charge in [0.2, 0.25) is 5.91 Å². The molecule has 0 unspecified atom stereocenters. The van der Waals surface area contributed by atoms with Gasteiger partial charge in [0.1, 0.15) is 6.33 Å². The van der Waals surface area contributed by atoms with Crippen molar-refractivity contribution in [1.82, 2.24) is 14.9 Å². The SMILES string of the molecule is O=C(CCc1ccncn1)N1CC(Cc2ccccc2Cl)C1. The minimum absolute atomic E-state index is 0.203. The Morgan fingerprint density at radius 2 is 2.09 bits per heavy atom. The van der Waals surface area contributed by atoms with Gasteiger partial charge in [-0.25, -0.2) is 9.97 Å². The highest BCUT2D eigenvalue weighted by atomic mass is 35.5. The van der Waals surface area contributed by atoms with Gasteiger partial charge in [0.15, 0.2) is 0 Å². The van der Waals surface area contributed by atoms with Crippen LogP contribution >= 0.6 is 11.6 Å². The van der Waals surface area contributed by atoms with Gasteiger partial charge < -0.3 is 4.90 Å². The first-order chi connectivity index (χ1) is 10.7. The van der Waals surface area contributed by atoms with Crippen molar-refractivity contribution in [1.29, 1.82) is 0 Å². The van der Waals surface area contributed by atoms with Crippen LogP contribution in [0.25, 0.3) is 0 Å². The Morgan fingerprint density at radius 1 is 1.27 bits per heavy atom. The van der Waals surface area contributed by atoms with Crippen LogP contribution in [-0.4, -0.2) is 33.9 Å². The Bertz CT molecular complexity index is 641. The normalized spacial score (nSPS) is 14.7. The van der Waals surface area contributed by atoms with Crippen LogP contribution in [0.1, 0.15) is 17.7 Å². The molecular formula is C17H18ClN3O. The van der Waals surface area contributed by atoms with E-state index in [9.17, 15) is 4.79 Å². The molecule has 0 atom stereocenters. The number of nitrogens with zero attached hydrogens (tertiary/aromatic N) is 3. The van der Waals surface area contributed by atoms with Crippen molar-refractivity contribution in [3.05, 3.63) is 59.1 Å². The van der Waals surface area contributed by atoms with Gasteiger partial charge in [-0.2, -0.15) is 0 Å². The number of aryl methyl sites for hydroxylation is 1. The second-order valence-electron chi connectivity index (χ2n) is 5.66. The maximum Gasteiger partial charge on any atom is 0.222 e. The molecule has 0 radical (unpaired) electrons. The molecule has 0 spiro atoms. The summed E-state index contributed by atoms with van der Waals surface area (Å²) in [4.78, 5) is 22.1. The van der Waals surface area contributed by atoms with Gasteiger partial charge in [-0.05, 0) is 36.5 Å². The first-order valence-corrected chi connectivity index (χ1v) is 7.86. The van der Waals surface area contributed by atoms with Crippen LogP contribution in [0, 0.1) is 5.92 Å². The summed E-state index contributed by atoms with van der Waals surface area (Å²) in [6, 6.07) is 9.77. The fourth-order valence-corrected chi connectivity index (χ4v) is 2.95. The zero-order valence-corrected chi connectivity index (χ0v) is 13.0. The summed E-state index contributed by atoms with van der Waals surface area (Å²) in [5.41, 5.74) is 2.08. The summed E-state index contributed by atoms with van der Waals surface area (Å²) < 4.78 is 0. The van der Waals surface area contributed by atoms with Crippen molar-refractivity contribution in [2.75, 3.05) is 13.1 Å². The minimum Gasteiger partial charge on any atom is -0.342 e. The number of benzene rings is 1. The summed E-state index contributed by atoms with van der Waals surface area (Å²) in [6.07, 6.45) is 5.34. The van der Waals surface area contributed by atoms with E-state index < -0.39 is 0 Å². The highest BCUT2D eigenvalue weighted by molar-refractivity contribution is 6.31. The fourth-order valence-electron chi connectivity index (χ4n) is 2.74. The largest absolute Gasteiger partial charge is 0.342 e. The van der Waals surface area contributed by atoms with Crippen molar-refractivity contribution in [3.63, 3.8) is 0 Å². The van der Waals surface area contributed by atoms with Crippen LogP contribution in [0.3, 0.4) is 0 Å². The van der Waals surface area contributed by atoms with E-state index in [4.69, 9.17) is 11.6 Å². The molecule has 4 nitrogen and oxygen atoms in total. The second kappa shape index (κ2) is 6.88. The van der Waals surface area contributed by atoms with Gasteiger partial charge in [-0.3, -0.25) is 4.79 Å². The molecule has 0 saturated carbocycles. The van der Waals surface area contributed by atoms with Crippen molar-refractivity contribution in [2.24, 2.45) is 5.92 Å². The van der Waals surface area contributed by atoms with Crippen LogP contribution in [0.5, 0.6) is 0 Å². The first kappa shape index (κ1) is 15.0. The van der Waals surface area contributed by atoms with Crippen LogP contribution in [0.4, 0.5) is 0 Å². The van der Waals surface area contributed by atoms with E-state index in [1.54, 1.807) is 6.20 Å². The minimum atomic E-state index is 0.203. The molecule has 1 aromatic heterocycles. The maximum atomic E-state index is 12.1. The van der Waals surface area contributed by atoms with Crippen molar-refractivity contribution >= 4 is 17.5 Å². The highest BCUT2D eigenvalue weighted by Gasteiger charge is 2.30.